The smallest absolute Gasteiger partial charge is 0.228 e. The highest BCUT2D eigenvalue weighted by Crippen LogP contribution is 2.30. The topological polar surface area (TPSA) is 108 Å². The Labute approximate surface area is 167 Å². The van der Waals surface area contributed by atoms with E-state index < -0.39 is 24.6 Å². The zero-order valence-corrected chi connectivity index (χ0v) is 15.9. The summed E-state index contributed by atoms with van der Waals surface area (Å²) in [4.78, 5) is 11.1. The minimum Gasteiger partial charge on any atom is -0.462 e. The number of rotatable bonds is 6. The average molecular weight is 405 g/mol. The van der Waals surface area contributed by atoms with E-state index in [0.29, 0.717) is 29.8 Å². The molecule has 1 saturated heterocycles. The highest BCUT2D eigenvalue weighted by molar-refractivity contribution is 5.73. The minimum absolute atomic E-state index is 0.138. The van der Waals surface area contributed by atoms with Crippen LogP contribution in [0.3, 0.4) is 0 Å². The van der Waals surface area contributed by atoms with Crippen molar-refractivity contribution in [2.45, 2.75) is 37.9 Å². The molecule has 1 aliphatic rings. The van der Waals surface area contributed by atoms with Crippen molar-refractivity contribution in [2.24, 2.45) is 0 Å². The van der Waals surface area contributed by atoms with Crippen molar-refractivity contribution in [2.75, 3.05) is 13.2 Å². The van der Waals surface area contributed by atoms with E-state index in [-0.39, 0.29) is 18.3 Å². The van der Waals surface area contributed by atoms with Crippen LogP contribution in [-0.4, -0.2) is 59.0 Å². The van der Waals surface area contributed by atoms with Gasteiger partial charge in [-0.3, -0.25) is 4.79 Å². The molecule has 4 N–H and O–H groups in total. The standard InChI is InChI=1S/C21H24FNO6/c1-12(24)23-8-7-13-5-6-16(10-17(13)14-3-2-4-15(22)9-14)29-21-20(27)19(26)18(25)11-28-21/h2-6,9-10,18-21,25-27H,7-8,11H2,1H3,(H,23,24)/t18-,19-,20+,21?/m0/s1. The average Bonchev–Trinajstić information content (AvgIpc) is 2.69. The van der Waals surface area contributed by atoms with Gasteiger partial charge in [-0.25, -0.2) is 4.39 Å². The number of amides is 1. The van der Waals surface area contributed by atoms with Crippen molar-refractivity contribution in [3.63, 3.8) is 0 Å². The van der Waals surface area contributed by atoms with Crippen LogP contribution in [-0.2, 0) is 16.0 Å². The van der Waals surface area contributed by atoms with Crippen LogP contribution in [0, 0.1) is 5.82 Å². The summed E-state index contributed by atoms with van der Waals surface area (Å²) in [6.07, 6.45) is -4.62. The van der Waals surface area contributed by atoms with Crippen LogP contribution >= 0.6 is 0 Å². The third-order valence-electron chi connectivity index (χ3n) is 4.69. The van der Waals surface area contributed by atoms with E-state index in [1.54, 1.807) is 30.3 Å². The molecule has 2 aromatic rings. The van der Waals surface area contributed by atoms with Crippen molar-refractivity contribution < 1.29 is 34.0 Å². The number of ether oxygens (including phenoxy) is 2. The lowest BCUT2D eigenvalue weighted by Crippen LogP contribution is -2.54. The van der Waals surface area contributed by atoms with Gasteiger partial charge in [-0.2, -0.15) is 0 Å². The Bertz CT molecular complexity index is 861. The normalized spacial score (nSPS) is 24.2. The third-order valence-corrected chi connectivity index (χ3v) is 4.69. The fourth-order valence-electron chi connectivity index (χ4n) is 3.16. The molecule has 7 nitrogen and oxygen atoms in total. The minimum atomic E-state index is -1.42. The number of halogens is 1. The Balaban J connectivity index is 1.85. The monoisotopic (exact) mass is 405 g/mol. The Morgan fingerprint density at radius 1 is 1.21 bits per heavy atom. The summed E-state index contributed by atoms with van der Waals surface area (Å²) in [6.45, 7) is 1.69. The summed E-state index contributed by atoms with van der Waals surface area (Å²) in [6, 6.07) is 11.2. The van der Waals surface area contributed by atoms with Crippen molar-refractivity contribution >= 4 is 5.91 Å². The Morgan fingerprint density at radius 3 is 2.72 bits per heavy atom. The molecule has 3 rings (SSSR count). The van der Waals surface area contributed by atoms with Gasteiger partial charge in [-0.05, 0) is 47.4 Å². The fraction of sp³-hybridized carbons (Fsp3) is 0.381. The number of aliphatic hydroxyl groups is 3. The van der Waals surface area contributed by atoms with Crippen LogP contribution in [0.2, 0.25) is 0 Å². The molecule has 0 radical (unpaired) electrons. The second kappa shape index (κ2) is 9.32. The van der Waals surface area contributed by atoms with Gasteiger partial charge in [0.2, 0.25) is 12.2 Å². The molecule has 156 valence electrons. The maximum absolute atomic E-state index is 13.8. The Hall–Kier alpha value is -2.52. The van der Waals surface area contributed by atoms with E-state index in [2.05, 4.69) is 5.32 Å². The first-order valence-corrected chi connectivity index (χ1v) is 9.31. The summed E-state index contributed by atoms with van der Waals surface area (Å²) >= 11 is 0. The van der Waals surface area contributed by atoms with Crippen molar-refractivity contribution in [1.29, 1.82) is 0 Å². The Morgan fingerprint density at radius 2 is 2.00 bits per heavy atom. The molecule has 2 aromatic carbocycles. The van der Waals surface area contributed by atoms with Crippen molar-refractivity contribution in [3.05, 3.63) is 53.8 Å². The number of nitrogens with one attached hydrogen (secondary N) is 1. The zero-order valence-electron chi connectivity index (χ0n) is 15.9. The van der Waals surface area contributed by atoms with Gasteiger partial charge in [-0.1, -0.05) is 18.2 Å². The van der Waals surface area contributed by atoms with E-state index in [1.165, 1.54) is 19.1 Å². The lowest BCUT2D eigenvalue weighted by atomic mass is 9.97. The molecule has 0 aromatic heterocycles. The first-order valence-electron chi connectivity index (χ1n) is 9.31. The molecule has 4 atom stereocenters. The summed E-state index contributed by atoms with van der Waals surface area (Å²) < 4.78 is 24.7. The van der Waals surface area contributed by atoms with Crippen molar-refractivity contribution in [1.82, 2.24) is 5.32 Å². The quantitative estimate of drug-likeness (QED) is 0.571. The maximum Gasteiger partial charge on any atom is 0.228 e. The van der Waals surface area contributed by atoms with Crippen molar-refractivity contribution in [3.8, 4) is 16.9 Å². The molecular weight excluding hydrogens is 381 g/mol. The van der Waals surface area contributed by atoms with Gasteiger partial charge in [0.15, 0.2) is 0 Å². The van der Waals surface area contributed by atoms with E-state index in [9.17, 15) is 24.5 Å². The molecule has 1 aliphatic heterocycles. The number of benzene rings is 2. The maximum atomic E-state index is 13.8. The van der Waals surface area contributed by atoms with E-state index in [4.69, 9.17) is 9.47 Å². The molecule has 29 heavy (non-hydrogen) atoms. The lowest BCUT2D eigenvalue weighted by molar-refractivity contribution is -0.242. The molecule has 0 bridgehead atoms. The van der Waals surface area contributed by atoms with Crippen LogP contribution in [0.4, 0.5) is 4.39 Å². The third kappa shape index (κ3) is 5.30. The summed E-state index contributed by atoms with van der Waals surface area (Å²) in [7, 11) is 0. The van der Waals surface area contributed by atoms with Gasteiger partial charge in [0.25, 0.3) is 0 Å². The molecule has 0 saturated carbocycles. The largest absolute Gasteiger partial charge is 0.462 e. The molecule has 8 heteroatoms. The molecule has 0 spiro atoms. The first kappa shape index (κ1) is 21.2. The molecule has 1 fully saturated rings. The second-order valence-corrected chi connectivity index (χ2v) is 6.93. The Kier molecular flexibility index (Phi) is 6.81. The summed E-state index contributed by atoms with van der Waals surface area (Å²) in [5.41, 5.74) is 2.21. The second-order valence-electron chi connectivity index (χ2n) is 6.93. The highest BCUT2D eigenvalue weighted by atomic mass is 19.1. The first-order chi connectivity index (χ1) is 13.8. The van der Waals surface area contributed by atoms with Crippen LogP contribution in [0.1, 0.15) is 12.5 Å². The van der Waals surface area contributed by atoms with Crippen LogP contribution < -0.4 is 10.1 Å². The van der Waals surface area contributed by atoms with Crippen LogP contribution in [0.15, 0.2) is 42.5 Å². The van der Waals surface area contributed by atoms with E-state index in [0.717, 1.165) is 5.56 Å². The number of carbonyl (C=O) groups excluding carboxylic acids is 1. The summed E-state index contributed by atoms with van der Waals surface area (Å²) in [5.74, 6) is -0.175. The highest BCUT2D eigenvalue weighted by Gasteiger charge is 2.39. The summed E-state index contributed by atoms with van der Waals surface area (Å²) in [5, 5.41) is 32.2. The molecule has 1 heterocycles. The van der Waals surface area contributed by atoms with E-state index in [1.807, 2.05) is 0 Å². The van der Waals surface area contributed by atoms with Gasteiger partial charge in [0, 0.05) is 13.5 Å². The fourth-order valence-corrected chi connectivity index (χ4v) is 3.16. The van der Waals surface area contributed by atoms with Gasteiger partial charge in [0.1, 0.15) is 29.9 Å². The predicted molar refractivity (Wildman–Crippen MR) is 103 cm³/mol. The zero-order chi connectivity index (χ0) is 21.0. The number of aliphatic hydroxyl groups excluding tert-OH is 3. The number of hydrogen-bond donors (Lipinski definition) is 4. The predicted octanol–water partition coefficient (Wildman–Crippen LogP) is 0.989. The lowest BCUT2D eigenvalue weighted by Gasteiger charge is -2.35. The van der Waals surface area contributed by atoms with E-state index >= 15 is 0 Å². The number of carbonyl (C=O) groups is 1. The molecule has 0 aliphatic carbocycles. The molecular formula is C21H24FNO6. The van der Waals surface area contributed by atoms with Gasteiger partial charge in [0.05, 0.1) is 6.61 Å². The van der Waals surface area contributed by atoms with Gasteiger partial charge >= 0.3 is 0 Å². The molecule has 1 unspecified atom stereocenters. The van der Waals surface area contributed by atoms with Gasteiger partial charge in [-0.15, -0.1) is 0 Å². The SMILES string of the molecule is CC(=O)NCCc1ccc(OC2OC[C@H](O)[C@H](O)[C@H]2O)cc1-c1cccc(F)c1. The number of hydrogen-bond acceptors (Lipinski definition) is 6. The van der Waals surface area contributed by atoms with Crippen LogP contribution in [0.25, 0.3) is 11.1 Å². The van der Waals surface area contributed by atoms with Gasteiger partial charge < -0.3 is 30.1 Å². The van der Waals surface area contributed by atoms with Crippen LogP contribution in [0.5, 0.6) is 5.75 Å². The molecule has 1 amide bonds.